The Morgan fingerprint density at radius 1 is 1.52 bits per heavy atom. The van der Waals surface area contributed by atoms with E-state index < -0.39 is 0 Å². The van der Waals surface area contributed by atoms with Crippen molar-refractivity contribution in [1.29, 1.82) is 0 Å². The Bertz CT molecular complexity index is 531. The molecule has 1 saturated heterocycles. The fourth-order valence-corrected chi connectivity index (χ4v) is 3.27. The molecule has 1 N–H and O–H groups in total. The van der Waals surface area contributed by atoms with Crippen LogP contribution in [0.2, 0.25) is 5.02 Å². The van der Waals surface area contributed by atoms with Crippen molar-refractivity contribution in [3.8, 4) is 0 Å². The number of amides is 1. The summed E-state index contributed by atoms with van der Waals surface area (Å²) >= 11 is 6.10. The number of likely N-dealkylation sites (tertiary alicyclic amines) is 1. The average Bonchev–Trinajstić information content (AvgIpc) is 3.09. The first-order chi connectivity index (χ1) is 10.1. The Balaban J connectivity index is 1.61. The van der Waals surface area contributed by atoms with Gasteiger partial charge < -0.3 is 15.0 Å². The third kappa shape index (κ3) is 3.16. The second-order valence-corrected chi connectivity index (χ2v) is 6.30. The number of hydrogen-bond acceptors (Lipinski definition) is 3. The molecule has 0 spiro atoms. The maximum absolute atomic E-state index is 11.7. The Kier molecular flexibility index (Phi) is 4.09. The number of halogens is 1. The summed E-state index contributed by atoms with van der Waals surface area (Å²) in [7, 11) is 0. The van der Waals surface area contributed by atoms with Crippen LogP contribution in [0, 0.1) is 0 Å². The highest BCUT2D eigenvalue weighted by atomic mass is 35.5. The summed E-state index contributed by atoms with van der Waals surface area (Å²) in [4.78, 5) is 13.5. The predicted molar refractivity (Wildman–Crippen MR) is 82.5 cm³/mol. The number of carbonyl (C=O) groups excluding carboxylic acids is 1. The summed E-state index contributed by atoms with van der Waals surface area (Å²) in [6.45, 7) is 3.76. The molecule has 1 saturated carbocycles. The zero-order chi connectivity index (χ0) is 14.9. The molecule has 0 radical (unpaired) electrons. The maximum atomic E-state index is 11.7. The van der Waals surface area contributed by atoms with E-state index in [4.69, 9.17) is 16.3 Å². The van der Waals surface area contributed by atoms with Crippen molar-refractivity contribution in [3.05, 3.63) is 34.9 Å². The molecule has 3 rings (SSSR count). The second kappa shape index (κ2) is 5.85. The van der Waals surface area contributed by atoms with Crippen molar-refractivity contribution >= 4 is 17.7 Å². The summed E-state index contributed by atoms with van der Waals surface area (Å²) in [5.41, 5.74) is 1.31. The van der Waals surface area contributed by atoms with Crippen LogP contribution in [0.25, 0.3) is 0 Å². The zero-order valence-corrected chi connectivity index (χ0v) is 13.0. The lowest BCUT2D eigenvalue weighted by Crippen LogP contribution is -2.41. The minimum Gasteiger partial charge on any atom is -0.450 e. The van der Waals surface area contributed by atoms with E-state index in [-0.39, 0.29) is 11.6 Å². The van der Waals surface area contributed by atoms with Crippen LogP contribution in [0.5, 0.6) is 0 Å². The highest BCUT2D eigenvalue weighted by molar-refractivity contribution is 6.30. The largest absolute Gasteiger partial charge is 0.450 e. The van der Waals surface area contributed by atoms with Gasteiger partial charge >= 0.3 is 6.09 Å². The smallest absolute Gasteiger partial charge is 0.409 e. The summed E-state index contributed by atoms with van der Waals surface area (Å²) in [5.74, 6) is 0. The first-order valence-corrected chi connectivity index (χ1v) is 7.96. The van der Waals surface area contributed by atoms with E-state index in [1.807, 2.05) is 25.1 Å². The third-order valence-electron chi connectivity index (χ3n) is 4.32. The lowest BCUT2D eigenvalue weighted by molar-refractivity contribution is 0.114. The van der Waals surface area contributed by atoms with Gasteiger partial charge in [0.15, 0.2) is 0 Å². The van der Waals surface area contributed by atoms with Gasteiger partial charge in [-0.3, -0.25) is 0 Å². The first-order valence-electron chi connectivity index (χ1n) is 7.58. The molecule has 1 aromatic carbocycles. The lowest BCUT2D eigenvalue weighted by atomic mass is 10.0. The Hall–Kier alpha value is -1.26. The molecule has 4 nitrogen and oxygen atoms in total. The third-order valence-corrected chi connectivity index (χ3v) is 4.56. The fraction of sp³-hybridized carbons (Fsp3) is 0.562. The van der Waals surface area contributed by atoms with Gasteiger partial charge in [-0.2, -0.15) is 0 Å². The Morgan fingerprint density at radius 2 is 2.33 bits per heavy atom. The standard InChI is InChI=1S/C16H21ClN2O2/c1-2-21-15(20)19-9-6-14(11-19)18-16(7-8-16)12-4-3-5-13(17)10-12/h3-5,10,14,18H,2,6-9,11H2,1H3. The molecule has 2 aliphatic rings. The van der Waals surface area contributed by atoms with Crippen LogP contribution in [0.3, 0.4) is 0 Å². The second-order valence-electron chi connectivity index (χ2n) is 5.87. The molecule has 1 atom stereocenters. The van der Waals surface area contributed by atoms with Crippen LogP contribution in [-0.4, -0.2) is 36.7 Å². The normalized spacial score (nSPS) is 23.1. The molecule has 5 heteroatoms. The highest BCUT2D eigenvalue weighted by Gasteiger charge is 2.46. The van der Waals surface area contributed by atoms with Gasteiger partial charge in [-0.05, 0) is 43.9 Å². The van der Waals surface area contributed by atoms with Crippen LogP contribution in [0.4, 0.5) is 4.79 Å². The lowest BCUT2D eigenvalue weighted by Gasteiger charge is -2.23. The molecule has 1 aliphatic heterocycles. The number of nitrogens with zero attached hydrogens (tertiary/aromatic N) is 1. The van der Waals surface area contributed by atoms with E-state index in [1.165, 1.54) is 5.56 Å². The van der Waals surface area contributed by atoms with E-state index in [0.29, 0.717) is 12.6 Å². The van der Waals surface area contributed by atoms with Gasteiger partial charge in [0.05, 0.1) is 6.61 Å². The molecule has 1 aliphatic carbocycles. The number of ether oxygens (including phenoxy) is 1. The average molecular weight is 309 g/mol. The predicted octanol–water partition coefficient (Wildman–Crippen LogP) is 3.15. The molecule has 0 aromatic heterocycles. The van der Waals surface area contributed by atoms with Crippen molar-refractivity contribution in [3.63, 3.8) is 0 Å². The van der Waals surface area contributed by atoms with Crippen molar-refractivity contribution < 1.29 is 9.53 Å². The van der Waals surface area contributed by atoms with E-state index >= 15 is 0 Å². The highest BCUT2D eigenvalue weighted by Crippen LogP contribution is 2.46. The van der Waals surface area contributed by atoms with E-state index in [9.17, 15) is 4.79 Å². The van der Waals surface area contributed by atoms with Gasteiger partial charge in [0, 0.05) is 29.7 Å². The molecule has 0 bridgehead atoms. The van der Waals surface area contributed by atoms with Crippen molar-refractivity contribution in [2.24, 2.45) is 0 Å². The summed E-state index contributed by atoms with van der Waals surface area (Å²) in [6, 6.07) is 8.40. The van der Waals surface area contributed by atoms with Crippen LogP contribution < -0.4 is 5.32 Å². The molecule has 1 aromatic rings. The Morgan fingerprint density at radius 3 is 3.00 bits per heavy atom. The van der Waals surface area contributed by atoms with Crippen LogP contribution >= 0.6 is 11.6 Å². The number of rotatable bonds is 4. The number of hydrogen-bond donors (Lipinski definition) is 1. The molecule has 114 valence electrons. The molecule has 21 heavy (non-hydrogen) atoms. The number of nitrogens with one attached hydrogen (secondary N) is 1. The Labute approximate surface area is 130 Å². The van der Waals surface area contributed by atoms with Crippen molar-refractivity contribution in [2.75, 3.05) is 19.7 Å². The number of benzene rings is 1. The SMILES string of the molecule is CCOC(=O)N1CCC(NC2(c3cccc(Cl)c3)CC2)C1. The van der Waals surface area contributed by atoms with Crippen molar-refractivity contribution in [2.45, 2.75) is 37.8 Å². The monoisotopic (exact) mass is 308 g/mol. The molecule has 1 amide bonds. The fourth-order valence-electron chi connectivity index (χ4n) is 3.08. The van der Waals surface area contributed by atoms with Gasteiger partial charge in [-0.25, -0.2) is 4.79 Å². The van der Waals surface area contributed by atoms with E-state index in [0.717, 1.165) is 37.4 Å². The summed E-state index contributed by atoms with van der Waals surface area (Å²) in [6.07, 6.45) is 3.03. The van der Waals surface area contributed by atoms with Gasteiger partial charge in [-0.1, -0.05) is 23.7 Å². The number of carbonyl (C=O) groups is 1. The molecular formula is C16H21ClN2O2. The maximum Gasteiger partial charge on any atom is 0.409 e. The first kappa shape index (κ1) is 14.7. The van der Waals surface area contributed by atoms with E-state index in [1.54, 1.807) is 4.90 Å². The van der Waals surface area contributed by atoms with Gasteiger partial charge in [0.1, 0.15) is 0 Å². The van der Waals surface area contributed by atoms with Crippen LogP contribution in [0.1, 0.15) is 31.7 Å². The van der Waals surface area contributed by atoms with Crippen LogP contribution in [0.15, 0.2) is 24.3 Å². The molecule has 1 heterocycles. The topological polar surface area (TPSA) is 41.6 Å². The van der Waals surface area contributed by atoms with Gasteiger partial charge in [0.25, 0.3) is 0 Å². The van der Waals surface area contributed by atoms with Gasteiger partial charge in [0.2, 0.25) is 0 Å². The minimum atomic E-state index is -0.200. The zero-order valence-electron chi connectivity index (χ0n) is 12.3. The minimum absolute atomic E-state index is 0.0558. The summed E-state index contributed by atoms with van der Waals surface area (Å²) in [5, 5.41) is 4.51. The van der Waals surface area contributed by atoms with Crippen LogP contribution in [-0.2, 0) is 10.3 Å². The molecular weight excluding hydrogens is 288 g/mol. The van der Waals surface area contributed by atoms with Crippen molar-refractivity contribution in [1.82, 2.24) is 10.2 Å². The molecule has 1 unspecified atom stereocenters. The van der Waals surface area contributed by atoms with E-state index in [2.05, 4.69) is 11.4 Å². The quantitative estimate of drug-likeness (QED) is 0.929. The molecule has 2 fully saturated rings. The summed E-state index contributed by atoms with van der Waals surface area (Å²) < 4.78 is 5.06. The van der Waals surface area contributed by atoms with Gasteiger partial charge in [-0.15, -0.1) is 0 Å².